The van der Waals surface area contributed by atoms with Gasteiger partial charge in [-0.1, -0.05) is 158 Å². The molecule has 0 unspecified atom stereocenters. The van der Waals surface area contributed by atoms with Gasteiger partial charge in [0.2, 0.25) is 0 Å². The molecule has 0 atom stereocenters. The maximum atomic E-state index is 5.57. The predicted octanol–water partition coefficient (Wildman–Crippen LogP) is 28.0. The van der Waals surface area contributed by atoms with E-state index in [4.69, 9.17) is 18.9 Å². The van der Waals surface area contributed by atoms with E-state index < -0.39 is 5.41 Å². The molecule has 115 heavy (non-hydrogen) atoms. The van der Waals surface area contributed by atoms with Crippen molar-refractivity contribution in [2.45, 2.75) is 33.1 Å². The van der Waals surface area contributed by atoms with Crippen LogP contribution in [0.1, 0.15) is 44.5 Å². The van der Waals surface area contributed by atoms with Crippen molar-refractivity contribution in [3.05, 3.63) is 421 Å². The van der Waals surface area contributed by atoms with Crippen molar-refractivity contribution >= 4 is 91.0 Å². The molecule has 0 heterocycles. The zero-order chi connectivity index (χ0) is 78.5. The Balaban J connectivity index is 0.000000166. The zero-order valence-corrected chi connectivity index (χ0v) is 65.7. The molecule has 2 aliphatic rings. The first-order chi connectivity index (χ1) is 56.5. The molecule has 562 valence electrons. The second-order valence-corrected chi connectivity index (χ2v) is 29.1. The van der Waals surface area contributed by atoms with Crippen LogP contribution in [0, 0.1) is 27.7 Å². The van der Waals surface area contributed by atoms with Crippen LogP contribution in [0.4, 0.5) is 91.0 Å². The molecule has 2 N–H and O–H groups in total. The van der Waals surface area contributed by atoms with Gasteiger partial charge in [0.05, 0.1) is 33.9 Å². The standard InChI is InChI=1S/C53H42N2O4.C52H46N4/c1-56-41-23-13-35(14-24-41)54(36-15-25-42(57-2)26-16-36)39-21-31-47-45-9-5-7-11-49(45)53(51(47)33-39)50-12-8-6-10-46(50)48-32-22-40(34-52(48)53)55(37-17-27-43(58-3)28-18-37)38-19-29-44(59-4)30-20-38;1-37-13-5-9-17-49(37)55(50-18-10-6-14-38(50)2)47-33-29-45(30-34-47)53-43-25-21-41(22-26-43)42-23-27-44(28-24-42)54-46-31-35-48(36-32-46)56(51-19-11-7-15-39(51)3)52-20-12-8-16-40(52)4/h5-34H,1-4H3;5-36,53-54H,1-4H3. The van der Waals surface area contributed by atoms with Gasteiger partial charge in [-0.15, -0.1) is 0 Å². The topological polar surface area (TPSA) is 73.9 Å². The molecule has 10 heteroatoms. The van der Waals surface area contributed by atoms with Gasteiger partial charge in [0.25, 0.3) is 0 Å². The first kappa shape index (κ1) is 73.3. The number of anilines is 16. The maximum absolute atomic E-state index is 5.57. The monoisotopic (exact) mass is 1500 g/mol. The Labute approximate surface area is 674 Å². The molecule has 0 amide bonds. The van der Waals surface area contributed by atoms with E-state index in [1.165, 1.54) is 101 Å². The quantitative estimate of drug-likeness (QED) is 0.0727. The summed E-state index contributed by atoms with van der Waals surface area (Å²) in [5, 5.41) is 7.18. The Bertz CT molecular complexity index is 5570. The number of fused-ring (bicyclic) bond motifs is 10. The summed E-state index contributed by atoms with van der Waals surface area (Å²) in [7, 11) is 6.79. The van der Waals surface area contributed by atoms with E-state index in [2.05, 4.69) is 386 Å². The fraction of sp³-hybridized carbons (Fsp3) is 0.0857. The van der Waals surface area contributed by atoms with E-state index in [-0.39, 0.29) is 0 Å². The van der Waals surface area contributed by atoms with E-state index in [0.29, 0.717) is 0 Å². The third-order valence-corrected chi connectivity index (χ3v) is 22.3. The Morgan fingerprint density at radius 1 is 0.209 bits per heavy atom. The summed E-state index contributed by atoms with van der Waals surface area (Å²) in [5.74, 6) is 3.22. The number of para-hydroxylation sites is 4. The molecule has 16 aromatic carbocycles. The highest BCUT2D eigenvalue weighted by Gasteiger charge is 2.52. The normalized spacial score (nSPS) is 11.7. The summed E-state index contributed by atoms with van der Waals surface area (Å²) in [4.78, 5) is 9.30. The van der Waals surface area contributed by atoms with Gasteiger partial charge in [0, 0.05) is 91.0 Å². The van der Waals surface area contributed by atoms with Crippen molar-refractivity contribution in [1.82, 2.24) is 0 Å². The lowest BCUT2D eigenvalue weighted by Crippen LogP contribution is -2.26. The number of methoxy groups -OCH3 is 4. The number of hydrogen-bond donors (Lipinski definition) is 2. The molecule has 0 saturated carbocycles. The van der Waals surface area contributed by atoms with Crippen LogP contribution in [-0.2, 0) is 5.41 Å². The average Bonchev–Trinajstić information content (AvgIpc) is 1.51. The van der Waals surface area contributed by atoms with Crippen molar-refractivity contribution in [1.29, 1.82) is 0 Å². The van der Waals surface area contributed by atoms with Crippen LogP contribution in [-0.4, -0.2) is 28.4 Å². The van der Waals surface area contributed by atoms with Crippen LogP contribution < -0.4 is 49.2 Å². The SMILES string of the molecule is COc1ccc(N(c2ccc(OC)cc2)c2ccc3c(c2)C2(c4ccccc4-3)c3ccccc3-c3ccc(N(c4ccc(OC)cc4)c4ccc(OC)cc4)cc32)cc1.Cc1ccccc1N(c1ccc(Nc2ccc(-c3ccc(Nc4ccc(N(c5ccccc5C)c5ccccc5C)cc4)cc3)cc2)cc1)c1ccccc1C. The summed E-state index contributed by atoms with van der Waals surface area (Å²) >= 11 is 0. The van der Waals surface area contributed by atoms with Gasteiger partial charge >= 0.3 is 0 Å². The highest BCUT2D eigenvalue weighted by atomic mass is 16.5. The van der Waals surface area contributed by atoms with Crippen molar-refractivity contribution in [3.8, 4) is 56.4 Å². The molecular weight excluding hydrogens is 1410 g/mol. The van der Waals surface area contributed by atoms with Crippen molar-refractivity contribution in [2.24, 2.45) is 0 Å². The maximum Gasteiger partial charge on any atom is 0.119 e. The van der Waals surface area contributed by atoms with Crippen LogP contribution in [0.5, 0.6) is 23.0 Å². The molecule has 18 rings (SSSR count). The molecule has 16 aromatic rings. The molecule has 2 aliphatic carbocycles. The van der Waals surface area contributed by atoms with Crippen molar-refractivity contribution < 1.29 is 18.9 Å². The smallest absolute Gasteiger partial charge is 0.119 e. The number of nitrogens with one attached hydrogen (secondary N) is 2. The first-order valence-corrected chi connectivity index (χ1v) is 38.9. The van der Waals surface area contributed by atoms with E-state index in [0.717, 1.165) is 91.2 Å². The van der Waals surface area contributed by atoms with E-state index in [9.17, 15) is 0 Å². The molecular formula is C105H88N6O4. The van der Waals surface area contributed by atoms with Gasteiger partial charge in [-0.3, -0.25) is 0 Å². The number of ether oxygens (including phenoxy) is 4. The molecule has 0 aliphatic heterocycles. The molecule has 0 bridgehead atoms. The van der Waals surface area contributed by atoms with Gasteiger partial charge < -0.3 is 49.2 Å². The van der Waals surface area contributed by atoms with E-state index in [1.807, 2.05) is 48.5 Å². The number of nitrogens with zero attached hydrogens (tertiary/aromatic N) is 4. The number of rotatable bonds is 21. The first-order valence-electron chi connectivity index (χ1n) is 38.9. The number of aryl methyl sites for hydroxylation is 4. The van der Waals surface area contributed by atoms with Crippen LogP contribution in [0.3, 0.4) is 0 Å². The lowest BCUT2D eigenvalue weighted by Gasteiger charge is -2.33. The van der Waals surface area contributed by atoms with Crippen LogP contribution in [0.25, 0.3) is 33.4 Å². The van der Waals surface area contributed by atoms with Crippen molar-refractivity contribution in [3.63, 3.8) is 0 Å². The second-order valence-electron chi connectivity index (χ2n) is 29.1. The molecule has 0 saturated heterocycles. The summed E-state index contributed by atoms with van der Waals surface area (Å²) in [6.07, 6.45) is 0. The van der Waals surface area contributed by atoms with Gasteiger partial charge in [0.15, 0.2) is 0 Å². The number of benzene rings is 16. The second kappa shape index (κ2) is 32.1. The Morgan fingerprint density at radius 2 is 0.435 bits per heavy atom. The number of hydrogen-bond acceptors (Lipinski definition) is 10. The Hall–Kier alpha value is -14.5. The summed E-state index contributed by atoms with van der Waals surface area (Å²) in [6, 6.07) is 134. The predicted molar refractivity (Wildman–Crippen MR) is 478 cm³/mol. The molecule has 10 nitrogen and oxygen atoms in total. The van der Waals surface area contributed by atoms with Crippen molar-refractivity contribution in [2.75, 3.05) is 58.7 Å². The fourth-order valence-electron chi connectivity index (χ4n) is 16.5. The Kier molecular flexibility index (Phi) is 20.5. The summed E-state index contributed by atoms with van der Waals surface area (Å²) < 4.78 is 22.3. The molecule has 1 spiro atoms. The summed E-state index contributed by atoms with van der Waals surface area (Å²) in [5.41, 5.74) is 33.9. The summed E-state index contributed by atoms with van der Waals surface area (Å²) in [6.45, 7) is 8.66. The lowest BCUT2D eigenvalue weighted by molar-refractivity contribution is 0.414. The third-order valence-electron chi connectivity index (χ3n) is 22.3. The molecule has 0 radical (unpaired) electrons. The van der Waals surface area contributed by atoms with Gasteiger partial charge in [-0.2, -0.15) is 0 Å². The minimum absolute atomic E-state index is 0.596. The minimum atomic E-state index is -0.596. The third kappa shape index (κ3) is 14.3. The lowest BCUT2D eigenvalue weighted by atomic mass is 9.70. The fourth-order valence-corrected chi connectivity index (χ4v) is 16.5. The largest absolute Gasteiger partial charge is 0.497 e. The Morgan fingerprint density at radius 3 is 0.713 bits per heavy atom. The minimum Gasteiger partial charge on any atom is -0.497 e. The van der Waals surface area contributed by atoms with Gasteiger partial charge in [-0.05, 0) is 324 Å². The average molecular weight is 1500 g/mol. The van der Waals surface area contributed by atoms with Crippen LogP contribution in [0.2, 0.25) is 0 Å². The van der Waals surface area contributed by atoms with Gasteiger partial charge in [-0.25, -0.2) is 0 Å². The molecule has 0 fully saturated rings. The van der Waals surface area contributed by atoms with E-state index >= 15 is 0 Å². The molecule has 0 aromatic heterocycles. The highest BCUT2D eigenvalue weighted by Crippen LogP contribution is 2.64. The van der Waals surface area contributed by atoms with E-state index in [1.54, 1.807) is 28.4 Å². The van der Waals surface area contributed by atoms with Crippen LogP contribution >= 0.6 is 0 Å². The highest BCUT2D eigenvalue weighted by molar-refractivity contribution is 5.98. The van der Waals surface area contributed by atoms with Crippen LogP contribution in [0.15, 0.2) is 376 Å². The van der Waals surface area contributed by atoms with Gasteiger partial charge in [0.1, 0.15) is 23.0 Å². The zero-order valence-electron chi connectivity index (χ0n) is 65.7.